The summed E-state index contributed by atoms with van der Waals surface area (Å²) in [6.45, 7) is 8.81. The van der Waals surface area contributed by atoms with Crippen LogP contribution in [0.2, 0.25) is 0 Å². The quantitative estimate of drug-likeness (QED) is 0.756. The van der Waals surface area contributed by atoms with E-state index in [1.165, 1.54) is 13.8 Å². The second-order valence-corrected chi connectivity index (χ2v) is 5.80. The molecule has 18 heavy (non-hydrogen) atoms. The van der Waals surface area contributed by atoms with Gasteiger partial charge in [-0.25, -0.2) is 4.79 Å². The maximum absolute atomic E-state index is 11.8. The largest absolute Gasteiger partial charge is 0.480 e. The van der Waals surface area contributed by atoms with Gasteiger partial charge in [-0.1, -0.05) is 20.8 Å². The van der Waals surface area contributed by atoms with Crippen molar-refractivity contribution in [1.82, 2.24) is 15.5 Å². The highest BCUT2D eigenvalue weighted by Crippen LogP contribution is 2.20. The van der Waals surface area contributed by atoms with E-state index in [2.05, 4.69) is 15.5 Å². The van der Waals surface area contributed by atoms with E-state index in [0.29, 0.717) is 0 Å². The molecule has 0 aromatic carbocycles. The van der Waals surface area contributed by atoms with E-state index in [9.17, 15) is 9.59 Å². The molecule has 1 heterocycles. The molecule has 100 valence electrons. The summed E-state index contributed by atoms with van der Waals surface area (Å²) >= 11 is 0. The van der Waals surface area contributed by atoms with Crippen molar-refractivity contribution in [1.29, 1.82) is 0 Å². The minimum Gasteiger partial charge on any atom is -0.480 e. The van der Waals surface area contributed by atoms with Crippen molar-refractivity contribution in [2.75, 3.05) is 0 Å². The molecular formula is C12H19N3O3. The fourth-order valence-electron chi connectivity index (χ4n) is 1.22. The Bertz CT molecular complexity index is 469. The van der Waals surface area contributed by atoms with Crippen LogP contribution in [-0.2, 0) is 10.2 Å². The number of carboxylic acid groups (broad SMARTS) is 1. The summed E-state index contributed by atoms with van der Waals surface area (Å²) in [4.78, 5) is 22.8. The Morgan fingerprint density at radius 1 is 1.28 bits per heavy atom. The average Bonchev–Trinajstić information content (AvgIpc) is 2.64. The normalized spacial score (nSPS) is 12.3. The third kappa shape index (κ3) is 3.09. The fraction of sp³-hybridized carbons (Fsp3) is 0.583. The van der Waals surface area contributed by atoms with Crippen LogP contribution in [0.15, 0.2) is 6.07 Å². The van der Waals surface area contributed by atoms with E-state index in [4.69, 9.17) is 5.11 Å². The lowest BCUT2D eigenvalue weighted by molar-refractivity contribution is -0.143. The van der Waals surface area contributed by atoms with Crippen LogP contribution < -0.4 is 5.32 Å². The minimum atomic E-state index is -1.32. The lowest BCUT2D eigenvalue weighted by Crippen LogP contribution is -2.49. The lowest BCUT2D eigenvalue weighted by Gasteiger charge is -2.20. The number of carbonyl (C=O) groups excluding carboxylic acids is 1. The number of nitrogens with zero attached hydrogens (tertiary/aromatic N) is 1. The fourth-order valence-corrected chi connectivity index (χ4v) is 1.22. The maximum Gasteiger partial charge on any atom is 0.328 e. The molecule has 0 radical (unpaired) electrons. The Morgan fingerprint density at radius 2 is 1.83 bits per heavy atom. The van der Waals surface area contributed by atoms with Crippen molar-refractivity contribution >= 4 is 11.9 Å². The Hall–Kier alpha value is -1.85. The van der Waals surface area contributed by atoms with Crippen LogP contribution in [0.5, 0.6) is 0 Å². The second kappa shape index (κ2) is 4.44. The first-order valence-electron chi connectivity index (χ1n) is 5.66. The molecule has 1 aromatic rings. The number of hydrogen-bond donors (Lipinski definition) is 3. The van der Waals surface area contributed by atoms with Gasteiger partial charge in [0.05, 0.1) is 0 Å². The number of rotatable bonds is 3. The van der Waals surface area contributed by atoms with Crippen LogP contribution in [0.3, 0.4) is 0 Å². The summed E-state index contributed by atoms with van der Waals surface area (Å²) in [5, 5.41) is 18.0. The smallest absolute Gasteiger partial charge is 0.328 e. The standard InChI is InChI=1S/C12H19N3O3/c1-11(2,3)8-6-7(14-15-8)9(16)13-12(4,5)10(17)18/h6H,1-5H3,(H,13,16)(H,14,15)(H,17,18). The molecule has 3 N–H and O–H groups in total. The van der Waals surface area contributed by atoms with E-state index in [-0.39, 0.29) is 11.1 Å². The predicted octanol–water partition coefficient (Wildman–Crippen LogP) is 1.30. The van der Waals surface area contributed by atoms with Crippen molar-refractivity contribution in [2.45, 2.75) is 45.6 Å². The van der Waals surface area contributed by atoms with Crippen LogP contribution in [0.25, 0.3) is 0 Å². The monoisotopic (exact) mass is 253 g/mol. The highest BCUT2D eigenvalue weighted by atomic mass is 16.4. The van der Waals surface area contributed by atoms with Gasteiger partial charge >= 0.3 is 5.97 Å². The molecule has 0 bridgehead atoms. The van der Waals surface area contributed by atoms with Gasteiger partial charge in [-0.05, 0) is 19.9 Å². The van der Waals surface area contributed by atoms with Crippen molar-refractivity contribution in [3.8, 4) is 0 Å². The van der Waals surface area contributed by atoms with Gasteiger partial charge in [-0.2, -0.15) is 5.10 Å². The van der Waals surface area contributed by atoms with Crippen LogP contribution in [-0.4, -0.2) is 32.7 Å². The Morgan fingerprint density at radius 3 is 2.22 bits per heavy atom. The van der Waals surface area contributed by atoms with Crippen molar-refractivity contribution in [3.63, 3.8) is 0 Å². The van der Waals surface area contributed by atoms with Crippen molar-refractivity contribution in [3.05, 3.63) is 17.5 Å². The van der Waals surface area contributed by atoms with Gasteiger partial charge in [0.15, 0.2) is 0 Å². The van der Waals surface area contributed by atoms with Crippen LogP contribution in [0, 0.1) is 0 Å². The molecule has 0 unspecified atom stereocenters. The number of nitrogens with one attached hydrogen (secondary N) is 2. The van der Waals surface area contributed by atoms with Crippen molar-refractivity contribution in [2.24, 2.45) is 0 Å². The van der Waals surface area contributed by atoms with E-state index in [1.807, 2.05) is 20.8 Å². The van der Waals surface area contributed by atoms with Gasteiger partial charge < -0.3 is 10.4 Å². The first-order chi connectivity index (χ1) is 8.04. The molecule has 0 aliphatic carbocycles. The number of hydrogen-bond acceptors (Lipinski definition) is 3. The van der Waals surface area contributed by atoms with E-state index >= 15 is 0 Å². The molecule has 0 atom stereocenters. The molecule has 0 saturated heterocycles. The average molecular weight is 253 g/mol. The summed E-state index contributed by atoms with van der Waals surface area (Å²) in [7, 11) is 0. The van der Waals surface area contributed by atoms with Crippen LogP contribution >= 0.6 is 0 Å². The summed E-state index contributed by atoms with van der Waals surface area (Å²) in [5.41, 5.74) is -0.457. The highest BCUT2D eigenvalue weighted by Gasteiger charge is 2.30. The lowest BCUT2D eigenvalue weighted by atomic mass is 9.92. The molecule has 0 aliphatic heterocycles. The summed E-state index contributed by atoms with van der Waals surface area (Å²) in [6, 6.07) is 1.63. The topological polar surface area (TPSA) is 95.1 Å². The first kappa shape index (κ1) is 14.2. The molecule has 1 amide bonds. The molecular weight excluding hydrogens is 234 g/mol. The molecule has 0 spiro atoms. The summed E-state index contributed by atoms with van der Waals surface area (Å²) in [5.74, 6) is -1.60. The number of aromatic nitrogens is 2. The van der Waals surface area contributed by atoms with E-state index in [0.717, 1.165) is 5.69 Å². The van der Waals surface area contributed by atoms with Gasteiger partial charge in [0.1, 0.15) is 11.2 Å². The molecule has 0 aliphatic rings. The maximum atomic E-state index is 11.8. The zero-order valence-electron chi connectivity index (χ0n) is 11.3. The number of H-pyrrole nitrogens is 1. The van der Waals surface area contributed by atoms with Gasteiger partial charge in [0.2, 0.25) is 0 Å². The number of carboxylic acids is 1. The zero-order chi connectivity index (χ0) is 14.1. The van der Waals surface area contributed by atoms with Gasteiger partial charge in [0, 0.05) is 11.1 Å². The number of aromatic amines is 1. The van der Waals surface area contributed by atoms with Crippen molar-refractivity contribution < 1.29 is 14.7 Å². The Kier molecular flexibility index (Phi) is 3.50. The molecule has 0 fully saturated rings. The predicted molar refractivity (Wildman–Crippen MR) is 66.5 cm³/mol. The number of aliphatic carboxylic acids is 1. The van der Waals surface area contributed by atoms with Crippen LogP contribution in [0.1, 0.15) is 50.8 Å². The number of amides is 1. The molecule has 1 rings (SSSR count). The van der Waals surface area contributed by atoms with Crippen LogP contribution in [0.4, 0.5) is 0 Å². The Labute approximate surface area is 106 Å². The second-order valence-electron chi connectivity index (χ2n) is 5.80. The van der Waals surface area contributed by atoms with E-state index < -0.39 is 17.4 Å². The number of carbonyl (C=O) groups is 2. The highest BCUT2D eigenvalue weighted by molar-refractivity contribution is 5.96. The minimum absolute atomic E-state index is 0.145. The molecule has 0 saturated carbocycles. The third-order valence-electron chi connectivity index (χ3n) is 2.58. The zero-order valence-corrected chi connectivity index (χ0v) is 11.3. The van der Waals surface area contributed by atoms with Gasteiger partial charge in [-0.15, -0.1) is 0 Å². The molecule has 1 aromatic heterocycles. The SMILES string of the molecule is CC(C)(NC(=O)c1cc(C(C)(C)C)[nH]n1)C(=O)O. The first-order valence-corrected chi connectivity index (χ1v) is 5.66. The Balaban J connectivity index is 2.87. The third-order valence-corrected chi connectivity index (χ3v) is 2.58. The summed E-state index contributed by atoms with van der Waals surface area (Å²) in [6.07, 6.45) is 0. The van der Waals surface area contributed by atoms with Gasteiger partial charge in [-0.3, -0.25) is 9.89 Å². The van der Waals surface area contributed by atoms with E-state index in [1.54, 1.807) is 6.07 Å². The molecule has 6 heteroatoms. The summed E-state index contributed by atoms with van der Waals surface area (Å²) < 4.78 is 0. The molecule has 6 nitrogen and oxygen atoms in total. The van der Waals surface area contributed by atoms with Gasteiger partial charge in [0.25, 0.3) is 5.91 Å².